The van der Waals surface area contributed by atoms with Gasteiger partial charge in [-0.25, -0.2) is 9.18 Å². The number of rotatable bonds is 14. The number of carbonyl (C=O) groups excluding carboxylic acids is 1. The SMILES string of the molecule is CCO[C@H]1OC(C(=O)OCc2ccc(F)cc2)=C[C@@H](c2ccccc2)[C@H]1CCOCCOCCO. The third-order valence-electron chi connectivity index (χ3n) is 5.59. The summed E-state index contributed by atoms with van der Waals surface area (Å²) < 4.78 is 41.4. The molecule has 0 aliphatic carbocycles. The monoisotopic (exact) mass is 488 g/mol. The van der Waals surface area contributed by atoms with Gasteiger partial charge in [-0.3, -0.25) is 0 Å². The van der Waals surface area contributed by atoms with Crippen LogP contribution in [0.4, 0.5) is 4.39 Å². The molecule has 0 bridgehead atoms. The molecule has 1 aliphatic heterocycles. The molecule has 1 heterocycles. The lowest BCUT2D eigenvalue weighted by atomic mass is 9.81. The number of aliphatic hydroxyl groups excluding tert-OH is 1. The van der Waals surface area contributed by atoms with E-state index in [4.69, 9.17) is 28.8 Å². The molecule has 3 rings (SSSR count). The van der Waals surface area contributed by atoms with Crippen LogP contribution >= 0.6 is 0 Å². The molecule has 0 spiro atoms. The Hall–Kier alpha value is -2.78. The second-order valence-electron chi connectivity index (χ2n) is 8.01. The van der Waals surface area contributed by atoms with E-state index in [0.29, 0.717) is 38.4 Å². The molecule has 0 amide bonds. The topological polar surface area (TPSA) is 83.5 Å². The Bertz CT molecular complexity index is 917. The van der Waals surface area contributed by atoms with Crippen molar-refractivity contribution in [1.82, 2.24) is 0 Å². The van der Waals surface area contributed by atoms with Gasteiger partial charge in [-0.15, -0.1) is 0 Å². The first-order valence-corrected chi connectivity index (χ1v) is 11.8. The largest absolute Gasteiger partial charge is 0.457 e. The van der Waals surface area contributed by atoms with Crippen molar-refractivity contribution in [1.29, 1.82) is 0 Å². The molecule has 2 aromatic carbocycles. The van der Waals surface area contributed by atoms with Gasteiger partial charge in [0, 0.05) is 25.0 Å². The molecule has 190 valence electrons. The first-order chi connectivity index (χ1) is 17.1. The highest BCUT2D eigenvalue weighted by Gasteiger charge is 2.38. The van der Waals surface area contributed by atoms with E-state index >= 15 is 0 Å². The number of esters is 1. The second kappa shape index (κ2) is 14.6. The van der Waals surface area contributed by atoms with E-state index in [0.717, 1.165) is 5.56 Å². The van der Waals surface area contributed by atoms with Crippen molar-refractivity contribution >= 4 is 5.97 Å². The molecule has 2 aromatic rings. The third-order valence-corrected chi connectivity index (χ3v) is 5.59. The number of benzene rings is 2. The number of halogens is 1. The zero-order valence-electron chi connectivity index (χ0n) is 19.9. The van der Waals surface area contributed by atoms with Gasteiger partial charge < -0.3 is 28.8 Å². The molecule has 0 radical (unpaired) electrons. The van der Waals surface area contributed by atoms with E-state index < -0.39 is 12.3 Å². The average molecular weight is 489 g/mol. The summed E-state index contributed by atoms with van der Waals surface area (Å²) in [5, 5.41) is 8.77. The molecule has 35 heavy (non-hydrogen) atoms. The van der Waals surface area contributed by atoms with Gasteiger partial charge in [-0.1, -0.05) is 42.5 Å². The number of hydrogen-bond donors (Lipinski definition) is 1. The maximum absolute atomic E-state index is 13.1. The average Bonchev–Trinajstić information content (AvgIpc) is 2.88. The summed E-state index contributed by atoms with van der Waals surface area (Å²) in [6.45, 7) is 3.84. The highest BCUT2D eigenvalue weighted by molar-refractivity contribution is 5.86. The predicted octanol–water partition coefficient (Wildman–Crippen LogP) is 3.96. The minimum Gasteiger partial charge on any atom is -0.457 e. The molecule has 7 nitrogen and oxygen atoms in total. The lowest BCUT2D eigenvalue weighted by molar-refractivity contribution is -0.177. The van der Waals surface area contributed by atoms with Crippen LogP contribution in [0.5, 0.6) is 0 Å². The Balaban J connectivity index is 1.70. The quantitative estimate of drug-likeness (QED) is 0.318. The fraction of sp³-hybridized carbons (Fsp3) is 0.444. The minimum absolute atomic E-state index is 0.00470. The van der Waals surface area contributed by atoms with Crippen LogP contribution in [-0.4, -0.2) is 57.0 Å². The Morgan fingerprint density at radius 1 is 1.00 bits per heavy atom. The van der Waals surface area contributed by atoms with E-state index in [1.54, 1.807) is 18.2 Å². The molecular weight excluding hydrogens is 455 g/mol. The summed E-state index contributed by atoms with van der Waals surface area (Å²) >= 11 is 0. The zero-order valence-corrected chi connectivity index (χ0v) is 19.9. The minimum atomic E-state index is -0.655. The van der Waals surface area contributed by atoms with Crippen LogP contribution in [0.15, 0.2) is 66.4 Å². The van der Waals surface area contributed by atoms with Crippen molar-refractivity contribution in [2.24, 2.45) is 5.92 Å². The molecule has 1 N–H and O–H groups in total. The number of carbonyl (C=O) groups is 1. The van der Waals surface area contributed by atoms with Crippen molar-refractivity contribution in [3.8, 4) is 0 Å². The molecule has 0 aromatic heterocycles. The van der Waals surface area contributed by atoms with Gasteiger partial charge in [-0.2, -0.15) is 0 Å². The summed E-state index contributed by atoms with van der Waals surface area (Å²) in [6.07, 6.45) is 1.77. The van der Waals surface area contributed by atoms with Crippen LogP contribution in [0.25, 0.3) is 0 Å². The summed E-state index contributed by atoms with van der Waals surface area (Å²) in [5.41, 5.74) is 1.70. The Morgan fingerprint density at radius 3 is 2.40 bits per heavy atom. The lowest BCUT2D eigenvalue weighted by Crippen LogP contribution is -2.37. The van der Waals surface area contributed by atoms with E-state index in [1.807, 2.05) is 37.3 Å². The Labute approximate surface area is 205 Å². The van der Waals surface area contributed by atoms with E-state index in [-0.39, 0.29) is 43.2 Å². The Kier molecular flexibility index (Phi) is 11.2. The number of allylic oxidation sites excluding steroid dienone is 1. The summed E-state index contributed by atoms with van der Waals surface area (Å²) in [4.78, 5) is 12.9. The molecule has 0 saturated carbocycles. The summed E-state index contributed by atoms with van der Waals surface area (Å²) in [7, 11) is 0. The van der Waals surface area contributed by atoms with Crippen LogP contribution in [0, 0.1) is 11.7 Å². The fourth-order valence-corrected chi connectivity index (χ4v) is 3.89. The van der Waals surface area contributed by atoms with Crippen LogP contribution in [0.1, 0.15) is 30.4 Å². The van der Waals surface area contributed by atoms with Crippen LogP contribution < -0.4 is 0 Å². The van der Waals surface area contributed by atoms with Gasteiger partial charge in [-0.05, 0) is 42.7 Å². The number of hydrogen-bond acceptors (Lipinski definition) is 7. The van der Waals surface area contributed by atoms with Gasteiger partial charge in [0.15, 0.2) is 0 Å². The van der Waals surface area contributed by atoms with Gasteiger partial charge in [0.2, 0.25) is 12.0 Å². The van der Waals surface area contributed by atoms with Crippen molar-refractivity contribution in [3.63, 3.8) is 0 Å². The molecule has 0 fully saturated rings. The molecule has 0 unspecified atom stereocenters. The fourth-order valence-electron chi connectivity index (χ4n) is 3.89. The van der Waals surface area contributed by atoms with Crippen molar-refractivity contribution < 1.29 is 38.0 Å². The van der Waals surface area contributed by atoms with E-state index in [2.05, 4.69) is 0 Å². The molecule has 0 saturated heterocycles. The highest BCUT2D eigenvalue weighted by atomic mass is 19.1. The molecule has 1 aliphatic rings. The normalized spacial score (nSPS) is 19.6. The van der Waals surface area contributed by atoms with Gasteiger partial charge in [0.25, 0.3) is 0 Å². The predicted molar refractivity (Wildman–Crippen MR) is 127 cm³/mol. The highest BCUT2D eigenvalue weighted by Crippen LogP contribution is 2.39. The maximum Gasteiger partial charge on any atom is 0.373 e. The van der Waals surface area contributed by atoms with Crippen molar-refractivity contribution in [2.45, 2.75) is 32.2 Å². The second-order valence-corrected chi connectivity index (χ2v) is 8.01. The Morgan fingerprint density at radius 2 is 1.71 bits per heavy atom. The zero-order chi connectivity index (χ0) is 24.9. The maximum atomic E-state index is 13.1. The summed E-state index contributed by atoms with van der Waals surface area (Å²) in [6, 6.07) is 15.6. The lowest BCUT2D eigenvalue weighted by Gasteiger charge is -2.36. The van der Waals surface area contributed by atoms with Crippen LogP contribution in [-0.2, 0) is 35.1 Å². The molecule has 3 atom stereocenters. The smallest absolute Gasteiger partial charge is 0.373 e. The van der Waals surface area contributed by atoms with Crippen molar-refractivity contribution in [2.75, 3.05) is 39.6 Å². The first-order valence-electron chi connectivity index (χ1n) is 11.8. The molecular formula is C27H33FO7. The van der Waals surface area contributed by atoms with Crippen molar-refractivity contribution in [3.05, 3.63) is 83.4 Å². The van der Waals surface area contributed by atoms with Gasteiger partial charge in [0.1, 0.15) is 12.4 Å². The van der Waals surface area contributed by atoms with Crippen LogP contribution in [0.2, 0.25) is 0 Å². The van der Waals surface area contributed by atoms with Crippen LogP contribution in [0.3, 0.4) is 0 Å². The third kappa shape index (κ3) is 8.43. The molecule has 8 heteroatoms. The summed E-state index contributed by atoms with van der Waals surface area (Å²) in [5.74, 6) is -1.10. The number of ether oxygens (including phenoxy) is 5. The van der Waals surface area contributed by atoms with E-state index in [1.165, 1.54) is 12.1 Å². The standard InChI is InChI=1S/C27H33FO7/c1-2-33-27-23(12-14-31-16-17-32-15-13-29)24(21-6-4-3-5-7-21)18-25(35-27)26(30)34-19-20-8-10-22(28)11-9-20/h3-11,18,23-24,27,29H,2,12-17,19H2,1H3/t23-,24+,27+/m1/s1. The van der Waals surface area contributed by atoms with E-state index in [9.17, 15) is 9.18 Å². The van der Waals surface area contributed by atoms with Gasteiger partial charge >= 0.3 is 5.97 Å². The number of aliphatic hydroxyl groups is 1. The van der Waals surface area contributed by atoms with Gasteiger partial charge in [0.05, 0.1) is 26.4 Å². The first kappa shape index (κ1) is 26.8.